The van der Waals surface area contributed by atoms with E-state index in [1.165, 1.54) is 0 Å². The van der Waals surface area contributed by atoms with Crippen LogP contribution in [0.15, 0.2) is 0 Å². The standard InChI is InChI=1S/H8N4Si2/c1-2-6-4-3-5-1/h1-4H,5-6H2. The third-order valence-electron chi connectivity index (χ3n) is 0.604. The molecule has 36 valence electrons. The van der Waals surface area contributed by atoms with Gasteiger partial charge in [0.15, 0.2) is 19.7 Å². The summed E-state index contributed by atoms with van der Waals surface area (Å²) in [6, 6.07) is 0. The average Bonchev–Trinajstić information content (AvgIpc) is 1.72. The molecule has 0 saturated carbocycles. The maximum absolute atomic E-state index is 3.06. The van der Waals surface area contributed by atoms with Crippen LogP contribution in [0.5, 0.6) is 0 Å². The van der Waals surface area contributed by atoms with Crippen LogP contribution in [-0.2, 0) is 0 Å². The second-order valence-electron chi connectivity index (χ2n) is 1.06. The predicted octanol–water partition coefficient (Wildman–Crippen LogP) is -3.81. The fourth-order valence-corrected chi connectivity index (χ4v) is 2.52. The molecule has 0 aromatic carbocycles. The van der Waals surface area contributed by atoms with E-state index in [1.807, 2.05) is 0 Å². The molecule has 0 aromatic heterocycles. The van der Waals surface area contributed by atoms with Crippen LogP contribution in [0.3, 0.4) is 0 Å². The fourth-order valence-electron chi connectivity index (χ4n) is 0.338. The Kier molecular flexibility index (Phi) is 1.81. The number of hydrazine groups is 2. The molecule has 1 aliphatic heterocycles. The van der Waals surface area contributed by atoms with Crippen molar-refractivity contribution >= 4 is 19.7 Å². The Morgan fingerprint density at radius 3 is 1.17 bits per heavy atom. The molecule has 4 N–H and O–H groups in total. The van der Waals surface area contributed by atoms with Gasteiger partial charge in [0, 0.05) is 0 Å². The summed E-state index contributed by atoms with van der Waals surface area (Å²) in [6.45, 7) is 0. The van der Waals surface area contributed by atoms with Gasteiger partial charge >= 0.3 is 0 Å². The fraction of sp³-hybridized carbons (Fsp3) is 0. The average molecular weight is 120 g/mol. The summed E-state index contributed by atoms with van der Waals surface area (Å²) in [7, 11) is -0.358. The zero-order chi connectivity index (χ0) is 4.24. The van der Waals surface area contributed by atoms with E-state index >= 15 is 0 Å². The molecule has 4 nitrogen and oxygen atoms in total. The van der Waals surface area contributed by atoms with Gasteiger partial charge in [0.2, 0.25) is 0 Å². The van der Waals surface area contributed by atoms with Gasteiger partial charge in [-0.1, -0.05) is 0 Å². The van der Waals surface area contributed by atoms with Crippen LogP contribution in [0.2, 0.25) is 0 Å². The number of nitrogens with one attached hydrogen (secondary N) is 4. The summed E-state index contributed by atoms with van der Waals surface area (Å²) in [4.78, 5) is 0. The van der Waals surface area contributed by atoms with Crippen LogP contribution >= 0.6 is 0 Å². The van der Waals surface area contributed by atoms with Gasteiger partial charge in [-0.25, -0.2) is 0 Å². The third kappa shape index (κ3) is 1.16. The molecule has 0 bridgehead atoms. The van der Waals surface area contributed by atoms with E-state index < -0.39 is 0 Å². The number of hydrogen-bond acceptors (Lipinski definition) is 4. The Morgan fingerprint density at radius 2 is 1.00 bits per heavy atom. The van der Waals surface area contributed by atoms with Crippen LogP contribution < -0.4 is 20.4 Å². The highest BCUT2D eigenvalue weighted by atomic mass is 28.2. The molecule has 0 spiro atoms. The molecule has 1 saturated heterocycles. The monoisotopic (exact) mass is 120 g/mol. The van der Waals surface area contributed by atoms with E-state index in [0.717, 1.165) is 0 Å². The van der Waals surface area contributed by atoms with Crippen LogP contribution in [-0.4, -0.2) is 19.7 Å². The summed E-state index contributed by atoms with van der Waals surface area (Å²) in [5, 5.41) is 12.2. The van der Waals surface area contributed by atoms with Gasteiger partial charge in [-0.05, 0) is 0 Å². The van der Waals surface area contributed by atoms with Crippen molar-refractivity contribution in [1.82, 2.24) is 20.4 Å². The minimum Gasteiger partial charge on any atom is -0.274 e. The molecular formula is H8N4Si2. The molecule has 0 radical (unpaired) electrons. The molecular weight excluding hydrogens is 112 g/mol. The molecule has 0 unspecified atom stereocenters. The molecule has 1 aliphatic rings. The second-order valence-corrected chi connectivity index (χ2v) is 3.18. The topological polar surface area (TPSA) is 48.1 Å². The lowest BCUT2D eigenvalue weighted by atomic mass is 12.9. The first-order valence-corrected chi connectivity index (χ1v) is 4.74. The highest BCUT2D eigenvalue weighted by molar-refractivity contribution is 6.38. The first-order valence-electron chi connectivity index (χ1n) is 1.91. The Morgan fingerprint density at radius 1 is 0.667 bits per heavy atom. The van der Waals surface area contributed by atoms with Crippen LogP contribution in [0.25, 0.3) is 0 Å². The summed E-state index contributed by atoms with van der Waals surface area (Å²) >= 11 is 0. The van der Waals surface area contributed by atoms with Crippen molar-refractivity contribution in [3.63, 3.8) is 0 Å². The lowest BCUT2D eigenvalue weighted by Gasteiger charge is -2.13. The molecule has 1 rings (SSSR count). The van der Waals surface area contributed by atoms with Crippen LogP contribution in [0.4, 0.5) is 0 Å². The molecule has 6 heteroatoms. The number of rotatable bonds is 0. The minimum absolute atomic E-state index is 0.179. The number of hydrogen-bond donors (Lipinski definition) is 4. The molecule has 1 heterocycles. The second kappa shape index (κ2) is 2.45. The van der Waals surface area contributed by atoms with Crippen molar-refractivity contribution in [2.45, 2.75) is 0 Å². The van der Waals surface area contributed by atoms with Crippen molar-refractivity contribution in [2.75, 3.05) is 0 Å². The van der Waals surface area contributed by atoms with Crippen LogP contribution in [0, 0.1) is 0 Å². The van der Waals surface area contributed by atoms with Gasteiger partial charge in [0.25, 0.3) is 0 Å². The minimum atomic E-state index is -0.179. The van der Waals surface area contributed by atoms with Gasteiger partial charge in [-0.2, -0.15) is 0 Å². The van der Waals surface area contributed by atoms with Gasteiger partial charge in [0.05, 0.1) is 0 Å². The SMILES string of the molecule is N1N[SiH2]NN[SiH2]1. The summed E-state index contributed by atoms with van der Waals surface area (Å²) < 4.78 is 0. The van der Waals surface area contributed by atoms with E-state index in [9.17, 15) is 0 Å². The summed E-state index contributed by atoms with van der Waals surface area (Å²) in [5.41, 5.74) is 0. The van der Waals surface area contributed by atoms with Crippen molar-refractivity contribution in [3.8, 4) is 0 Å². The Hall–Kier alpha value is 0.274. The molecule has 1 fully saturated rings. The largest absolute Gasteiger partial charge is 0.274 e. The van der Waals surface area contributed by atoms with Gasteiger partial charge in [-0.15, -0.1) is 0 Å². The molecule has 0 atom stereocenters. The van der Waals surface area contributed by atoms with E-state index in [0.29, 0.717) is 0 Å². The molecule has 0 amide bonds. The lowest BCUT2D eigenvalue weighted by Crippen LogP contribution is -2.61. The summed E-state index contributed by atoms with van der Waals surface area (Å²) in [6.07, 6.45) is 0. The van der Waals surface area contributed by atoms with Crippen molar-refractivity contribution < 1.29 is 0 Å². The molecule has 6 heavy (non-hydrogen) atoms. The Labute approximate surface area is 41.0 Å². The maximum Gasteiger partial charge on any atom is 0.193 e. The zero-order valence-corrected chi connectivity index (χ0v) is 6.24. The van der Waals surface area contributed by atoms with Crippen LogP contribution in [0.1, 0.15) is 0 Å². The van der Waals surface area contributed by atoms with E-state index in [1.54, 1.807) is 0 Å². The molecule has 0 aliphatic carbocycles. The highest BCUT2D eigenvalue weighted by Gasteiger charge is 1.90. The normalized spacial score (nSPS) is 32.0. The Balaban J connectivity index is 2.00. The van der Waals surface area contributed by atoms with Gasteiger partial charge < -0.3 is 0 Å². The van der Waals surface area contributed by atoms with E-state index in [2.05, 4.69) is 20.4 Å². The maximum atomic E-state index is 3.06. The smallest absolute Gasteiger partial charge is 0.193 e. The quantitative estimate of drug-likeness (QED) is 0.248. The van der Waals surface area contributed by atoms with Crippen molar-refractivity contribution in [2.24, 2.45) is 0 Å². The van der Waals surface area contributed by atoms with Crippen molar-refractivity contribution in [3.05, 3.63) is 0 Å². The lowest BCUT2D eigenvalue weighted by molar-refractivity contribution is 0.772. The third-order valence-corrected chi connectivity index (χ3v) is 3.31. The predicted molar refractivity (Wildman–Crippen MR) is 29.6 cm³/mol. The zero-order valence-electron chi connectivity index (χ0n) is 3.41. The first kappa shape index (κ1) is 4.43. The van der Waals surface area contributed by atoms with E-state index in [4.69, 9.17) is 0 Å². The van der Waals surface area contributed by atoms with Crippen molar-refractivity contribution in [1.29, 1.82) is 0 Å². The molecule has 0 aromatic rings. The Bertz CT molecular complexity index is 21.0. The first-order chi connectivity index (χ1) is 3.00. The van der Waals surface area contributed by atoms with E-state index in [-0.39, 0.29) is 19.7 Å². The highest BCUT2D eigenvalue weighted by Crippen LogP contribution is 1.41. The summed E-state index contributed by atoms with van der Waals surface area (Å²) in [5.74, 6) is 0. The van der Waals surface area contributed by atoms with Gasteiger partial charge in [0.1, 0.15) is 0 Å². The van der Waals surface area contributed by atoms with Gasteiger partial charge in [-0.3, -0.25) is 20.4 Å².